The Hall–Kier alpha value is -1.51. The first-order valence-corrected chi connectivity index (χ1v) is 7.65. The second-order valence-electron chi connectivity index (χ2n) is 6.37. The van der Waals surface area contributed by atoms with Gasteiger partial charge in [-0.05, 0) is 62.6 Å². The number of amides is 1. The van der Waals surface area contributed by atoms with E-state index in [1.54, 1.807) is 0 Å². The molecule has 0 aromatic heterocycles. The normalized spacial score (nSPS) is 29.2. The number of hydrogen-bond donors (Lipinski definition) is 1. The quantitative estimate of drug-likeness (QED) is 0.915. The van der Waals surface area contributed by atoms with E-state index in [1.807, 2.05) is 38.1 Å². The lowest BCUT2D eigenvalue weighted by atomic mass is 9.95. The van der Waals surface area contributed by atoms with Gasteiger partial charge in [0, 0.05) is 6.04 Å². The highest BCUT2D eigenvalue weighted by Crippen LogP contribution is 2.44. The van der Waals surface area contributed by atoms with Crippen LogP contribution in [-0.4, -0.2) is 18.1 Å². The number of rotatable bonds is 4. The largest absolute Gasteiger partial charge is 0.481 e. The van der Waals surface area contributed by atoms with E-state index in [2.05, 4.69) is 5.32 Å². The van der Waals surface area contributed by atoms with Gasteiger partial charge in [-0.3, -0.25) is 4.79 Å². The van der Waals surface area contributed by atoms with Gasteiger partial charge in [-0.15, -0.1) is 0 Å². The molecule has 0 saturated heterocycles. The minimum absolute atomic E-state index is 0.0176. The van der Waals surface area contributed by atoms with E-state index in [4.69, 9.17) is 4.74 Å². The lowest BCUT2D eigenvalue weighted by molar-refractivity contribution is -0.128. The lowest BCUT2D eigenvalue weighted by Crippen LogP contribution is -2.44. The van der Waals surface area contributed by atoms with Crippen molar-refractivity contribution >= 4 is 5.91 Å². The second-order valence-corrected chi connectivity index (χ2v) is 6.37. The first kappa shape index (κ1) is 13.5. The van der Waals surface area contributed by atoms with Crippen LogP contribution in [0, 0.1) is 18.8 Å². The Labute approximate surface area is 120 Å². The van der Waals surface area contributed by atoms with Crippen LogP contribution >= 0.6 is 0 Å². The van der Waals surface area contributed by atoms with E-state index in [1.165, 1.54) is 19.3 Å². The molecule has 0 aliphatic heterocycles. The maximum Gasteiger partial charge on any atom is 0.261 e. The number of ether oxygens (including phenoxy) is 1. The molecular weight excluding hydrogens is 250 g/mol. The van der Waals surface area contributed by atoms with Crippen LogP contribution < -0.4 is 10.1 Å². The SMILES string of the molecule is Cc1cccc(O[C@H](C)C(=O)N[C@@H]2C[C@H]3CC[C@H]2C3)c1. The summed E-state index contributed by atoms with van der Waals surface area (Å²) in [6.07, 6.45) is 4.66. The molecule has 4 atom stereocenters. The van der Waals surface area contributed by atoms with Gasteiger partial charge in [0.2, 0.25) is 0 Å². The zero-order chi connectivity index (χ0) is 14.1. The van der Waals surface area contributed by atoms with Crippen molar-refractivity contribution in [3.8, 4) is 5.75 Å². The van der Waals surface area contributed by atoms with Gasteiger partial charge in [-0.25, -0.2) is 0 Å². The first-order valence-electron chi connectivity index (χ1n) is 7.65. The van der Waals surface area contributed by atoms with Gasteiger partial charge in [0.15, 0.2) is 6.10 Å². The molecule has 0 spiro atoms. The van der Waals surface area contributed by atoms with Crippen LogP contribution in [0.3, 0.4) is 0 Å². The summed E-state index contributed by atoms with van der Waals surface area (Å²) in [5.41, 5.74) is 1.14. The van der Waals surface area contributed by atoms with Crippen LogP contribution in [0.4, 0.5) is 0 Å². The van der Waals surface area contributed by atoms with E-state index in [9.17, 15) is 4.79 Å². The maximum absolute atomic E-state index is 12.2. The van der Waals surface area contributed by atoms with Crippen molar-refractivity contribution in [2.45, 2.75) is 51.7 Å². The summed E-state index contributed by atoms with van der Waals surface area (Å²) in [5, 5.41) is 3.18. The fourth-order valence-electron chi connectivity index (χ4n) is 3.67. The highest BCUT2D eigenvalue weighted by Gasteiger charge is 2.40. The highest BCUT2D eigenvalue weighted by molar-refractivity contribution is 5.81. The molecule has 2 fully saturated rings. The zero-order valence-electron chi connectivity index (χ0n) is 12.3. The molecule has 3 rings (SSSR count). The number of benzene rings is 1. The van der Waals surface area contributed by atoms with Gasteiger partial charge in [-0.2, -0.15) is 0 Å². The smallest absolute Gasteiger partial charge is 0.261 e. The van der Waals surface area contributed by atoms with Crippen molar-refractivity contribution in [1.82, 2.24) is 5.32 Å². The molecule has 20 heavy (non-hydrogen) atoms. The number of fused-ring (bicyclic) bond motifs is 2. The first-order chi connectivity index (χ1) is 9.61. The summed E-state index contributed by atoms with van der Waals surface area (Å²) in [4.78, 5) is 12.2. The zero-order valence-corrected chi connectivity index (χ0v) is 12.3. The van der Waals surface area contributed by atoms with E-state index < -0.39 is 6.10 Å². The number of aryl methyl sites for hydroxylation is 1. The number of carbonyl (C=O) groups excluding carboxylic acids is 1. The van der Waals surface area contributed by atoms with Crippen LogP contribution in [0.2, 0.25) is 0 Å². The van der Waals surface area contributed by atoms with Crippen molar-refractivity contribution in [3.63, 3.8) is 0 Å². The Balaban J connectivity index is 1.54. The third-order valence-electron chi connectivity index (χ3n) is 4.74. The molecule has 0 unspecified atom stereocenters. The Morgan fingerprint density at radius 1 is 1.35 bits per heavy atom. The van der Waals surface area contributed by atoms with Gasteiger partial charge in [-0.1, -0.05) is 18.6 Å². The Bertz CT molecular complexity index is 500. The topological polar surface area (TPSA) is 38.3 Å². The van der Waals surface area contributed by atoms with E-state index in [0.717, 1.165) is 23.7 Å². The molecular formula is C17H23NO2. The molecule has 1 amide bonds. The van der Waals surface area contributed by atoms with Crippen LogP contribution in [0.5, 0.6) is 5.75 Å². The third kappa shape index (κ3) is 2.82. The summed E-state index contributed by atoms with van der Waals surface area (Å²) < 4.78 is 5.74. The minimum Gasteiger partial charge on any atom is -0.481 e. The Morgan fingerprint density at radius 3 is 2.85 bits per heavy atom. The molecule has 0 radical (unpaired) electrons. The van der Waals surface area contributed by atoms with E-state index in [-0.39, 0.29) is 5.91 Å². The predicted molar refractivity (Wildman–Crippen MR) is 78.6 cm³/mol. The van der Waals surface area contributed by atoms with Crippen molar-refractivity contribution < 1.29 is 9.53 Å². The van der Waals surface area contributed by atoms with Gasteiger partial charge in [0.25, 0.3) is 5.91 Å². The van der Waals surface area contributed by atoms with E-state index in [0.29, 0.717) is 12.0 Å². The van der Waals surface area contributed by atoms with Crippen LogP contribution in [0.25, 0.3) is 0 Å². The molecule has 2 aliphatic carbocycles. The van der Waals surface area contributed by atoms with Crippen LogP contribution in [0.15, 0.2) is 24.3 Å². The van der Waals surface area contributed by atoms with Gasteiger partial charge in [0.1, 0.15) is 5.75 Å². The van der Waals surface area contributed by atoms with Crippen molar-refractivity contribution in [2.24, 2.45) is 11.8 Å². The molecule has 1 aromatic carbocycles. The van der Waals surface area contributed by atoms with Crippen molar-refractivity contribution in [2.75, 3.05) is 0 Å². The molecule has 3 nitrogen and oxygen atoms in total. The maximum atomic E-state index is 12.2. The van der Waals surface area contributed by atoms with Gasteiger partial charge < -0.3 is 10.1 Å². The molecule has 0 heterocycles. The molecule has 1 N–H and O–H groups in total. The van der Waals surface area contributed by atoms with Gasteiger partial charge in [0.05, 0.1) is 0 Å². The summed E-state index contributed by atoms with van der Waals surface area (Å²) >= 11 is 0. The molecule has 3 heteroatoms. The summed E-state index contributed by atoms with van der Waals surface area (Å²) in [7, 11) is 0. The lowest BCUT2D eigenvalue weighted by Gasteiger charge is -2.24. The molecule has 108 valence electrons. The third-order valence-corrected chi connectivity index (χ3v) is 4.74. The van der Waals surface area contributed by atoms with Crippen LogP contribution in [0.1, 0.15) is 38.2 Å². The number of hydrogen-bond acceptors (Lipinski definition) is 2. The average molecular weight is 273 g/mol. The number of carbonyl (C=O) groups is 1. The molecule has 2 aliphatic rings. The fourth-order valence-corrected chi connectivity index (χ4v) is 3.67. The van der Waals surface area contributed by atoms with Crippen molar-refractivity contribution in [1.29, 1.82) is 0 Å². The summed E-state index contributed by atoms with van der Waals surface area (Å²) in [6.45, 7) is 3.84. The Morgan fingerprint density at radius 2 is 2.20 bits per heavy atom. The molecule has 2 saturated carbocycles. The minimum atomic E-state index is -0.434. The molecule has 2 bridgehead atoms. The fraction of sp³-hybridized carbons (Fsp3) is 0.588. The van der Waals surface area contributed by atoms with Crippen LogP contribution in [-0.2, 0) is 4.79 Å². The summed E-state index contributed by atoms with van der Waals surface area (Å²) in [5.74, 6) is 2.33. The summed E-state index contributed by atoms with van der Waals surface area (Å²) in [6, 6.07) is 8.21. The predicted octanol–water partition coefficient (Wildman–Crippen LogP) is 3.07. The average Bonchev–Trinajstić information content (AvgIpc) is 3.01. The Kier molecular flexibility index (Phi) is 3.68. The standard InChI is InChI=1S/C17H23NO2/c1-11-4-3-5-15(8-11)20-12(2)17(19)18-16-10-13-6-7-14(16)9-13/h3-5,8,12-14,16H,6-7,9-10H2,1-2H3,(H,18,19)/t12-,13+,14+,16-/m1/s1. The second kappa shape index (κ2) is 5.47. The van der Waals surface area contributed by atoms with Gasteiger partial charge >= 0.3 is 0 Å². The van der Waals surface area contributed by atoms with Crippen molar-refractivity contribution in [3.05, 3.63) is 29.8 Å². The molecule has 1 aromatic rings. The highest BCUT2D eigenvalue weighted by atomic mass is 16.5. The number of nitrogens with one attached hydrogen (secondary N) is 1. The van der Waals surface area contributed by atoms with E-state index >= 15 is 0 Å². The monoisotopic (exact) mass is 273 g/mol.